The second kappa shape index (κ2) is 4.98. The summed E-state index contributed by atoms with van der Waals surface area (Å²) in [4.78, 5) is 0.137. The van der Waals surface area contributed by atoms with Gasteiger partial charge in [-0.3, -0.25) is 0 Å². The molecule has 0 unspecified atom stereocenters. The highest BCUT2D eigenvalue weighted by Crippen LogP contribution is 2.17. The maximum Gasteiger partial charge on any atom is 0.241 e. The predicted octanol–water partition coefficient (Wildman–Crippen LogP) is 0.184. The summed E-state index contributed by atoms with van der Waals surface area (Å²) >= 11 is 0. The van der Waals surface area contributed by atoms with E-state index in [1.165, 1.54) is 18.5 Å². The van der Waals surface area contributed by atoms with E-state index < -0.39 is 10.0 Å². The van der Waals surface area contributed by atoms with E-state index in [4.69, 9.17) is 5.73 Å². The molecule has 0 saturated carbocycles. The molecule has 3 N–H and O–H groups in total. The number of nitrogen functional groups attached to an aromatic ring is 1. The molecule has 2 aromatic rings. The standard InChI is InChI=1S/C11H15N5O2S/c1-8-3-4-9(5-10(8)12)19(17,18)14-6-11-15-13-7-16(11)2/h3-5,7,14H,6,12H2,1-2H3. The van der Waals surface area contributed by atoms with E-state index in [1.54, 1.807) is 17.7 Å². The van der Waals surface area contributed by atoms with Crippen molar-refractivity contribution in [3.05, 3.63) is 35.9 Å². The molecule has 0 aliphatic rings. The Hall–Kier alpha value is -1.93. The van der Waals surface area contributed by atoms with Crippen molar-refractivity contribution in [1.82, 2.24) is 19.5 Å². The molecule has 1 aromatic heterocycles. The summed E-state index contributed by atoms with van der Waals surface area (Å²) in [7, 11) is -1.86. The van der Waals surface area contributed by atoms with Crippen LogP contribution in [-0.4, -0.2) is 23.2 Å². The molecule has 1 aromatic carbocycles. The highest BCUT2D eigenvalue weighted by atomic mass is 32.2. The third-order valence-corrected chi connectivity index (χ3v) is 4.19. The molecule has 0 aliphatic heterocycles. The summed E-state index contributed by atoms with van der Waals surface area (Å²) in [6, 6.07) is 4.63. The van der Waals surface area contributed by atoms with E-state index >= 15 is 0 Å². The van der Waals surface area contributed by atoms with Crippen molar-refractivity contribution in [2.45, 2.75) is 18.4 Å². The Morgan fingerprint density at radius 3 is 2.74 bits per heavy atom. The second-order valence-electron chi connectivity index (χ2n) is 4.20. The van der Waals surface area contributed by atoms with Gasteiger partial charge in [0.1, 0.15) is 12.2 Å². The molecular formula is C11H15N5O2S. The van der Waals surface area contributed by atoms with E-state index in [2.05, 4.69) is 14.9 Å². The van der Waals surface area contributed by atoms with Crippen LogP contribution in [0.5, 0.6) is 0 Å². The molecule has 0 bridgehead atoms. The third-order valence-electron chi connectivity index (χ3n) is 2.79. The van der Waals surface area contributed by atoms with Gasteiger partial charge in [-0.15, -0.1) is 10.2 Å². The SMILES string of the molecule is Cc1ccc(S(=O)(=O)NCc2nncn2C)cc1N. The Morgan fingerprint density at radius 2 is 2.16 bits per heavy atom. The number of benzene rings is 1. The van der Waals surface area contributed by atoms with Gasteiger partial charge in [-0.1, -0.05) is 6.07 Å². The average molecular weight is 281 g/mol. The second-order valence-corrected chi connectivity index (χ2v) is 5.97. The van der Waals surface area contributed by atoms with Crippen LogP contribution in [0.1, 0.15) is 11.4 Å². The number of hydrogen-bond donors (Lipinski definition) is 2. The van der Waals surface area contributed by atoms with Gasteiger partial charge in [-0.05, 0) is 24.6 Å². The Labute approximate surface area is 111 Å². The number of hydrogen-bond acceptors (Lipinski definition) is 5. The minimum atomic E-state index is -3.60. The summed E-state index contributed by atoms with van der Waals surface area (Å²) in [6.45, 7) is 1.89. The van der Waals surface area contributed by atoms with Crippen LogP contribution in [0.3, 0.4) is 0 Å². The molecular weight excluding hydrogens is 266 g/mol. The molecule has 0 aliphatic carbocycles. The number of aryl methyl sites for hydroxylation is 2. The lowest BCUT2D eigenvalue weighted by atomic mass is 10.2. The topological polar surface area (TPSA) is 103 Å². The number of nitrogens with two attached hydrogens (primary N) is 1. The van der Waals surface area contributed by atoms with Crippen molar-refractivity contribution in [3.8, 4) is 0 Å². The van der Waals surface area contributed by atoms with E-state index in [1.807, 2.05) is 6.92 Å². The Balaban J connectivity index is 2.18. The van der Waals surface area contributed by atoms with Crippen molar-refractivity contribution in [2.24, 2.45) is 7.05 Å². The molecule has 0 saturated heterocycles. The molecule has 2 rings (SSSR count). The van der Waals surface area contributed by atoms with Gasteiger partial charge in [0.2, 0.25) is 10.0 Å². The smallest absolute Gasteiger partial charge is 0.241 e. The van der Waals surface area contributed by atoms with E-state index in [-0.39, 0.29) is 11.4 Å². The lowest BCUT2D eigenvalue weighted by Gasteiger charge is -2.08. The van der Waals surface area contributed by atoms with Crippen LogP contribution in [0.15, 0.2) is 29.4 Å². The molecule has 0 atom stereocenters. The fourth-order valence-corrected chi connectivity index (χ4v) is 2.51. The van der Waals surface area contributed by atoms with Crippen LogP contribution in [0.25, 0.3) is 0 Å². The van der Waals surface area contributed by atoms with Gasteiger partial charge in [-0.2, -0.15) is 0 Å². The zero-order valence-corrected chi connectivity index (χ0v) is 11.5. The average Bonchev–Trinajstić information content (AvgIpc) is 2.76. The lowest BCUT2D eigenvalue weighted by molar-refractivity contribution is 0.577. The van der Waals surface area contributed by atoms with Gasteiger partial charge in [0.05, 0.1) is 11.4 Å². The molecule has 0 spiro atoms. The normalized spacial score (nSPS) is 11.7. The quantitative estimate of drug-likeness (QED) is 0.778. The van der Waals surface area contributed by atoms with Gasteiger partial charge in [0, 0.05) is 12.7 Å². The number of aromatic nitrogens is 3. The minimum Gasteiger partial charge on any atom is -0.398 e. The van der Waals surface area contributed by atoms with Crippen molar-refractivity contribution in [2.75, 3.05) is 5.73 Å². The first-order valence-electron chi connectivity index (χ1n) is 5.59. The van der Waals surface area contributed by atoms with Gasteiger partial charge in [-0.25, -0.2) is 13.1 Å². The molecule has 7 nitrogen and oxygen atoms in total. The van der Waals surface area contributed by atoms with Crippen LogP contribution in [0.2, 0.25) is 0 Å². The summed E-state index contributed by atoms with van der Waals surface area (Å²) < 4.78 is 28.3. The first-order valence-corrected chi connectivity index (χ1v) is 7.07. The predicted molar refractivity (Wildman–Crippen MR) is 70.6 cm³/mol. The van der Waals surface area contributed by atoms with E-state index in [0.717, 1.165) is 5.56 Å². The third kappa shape index (κ3) is 2.91. The molecule has 102 valence electrons. The minimum absolute atomic E-state index is 0.0760. The summed E-state index contributed by atoms with van der Waals surface area (Å²) in [5, 5.41) is 7.48. The van der Waals surface area contributed by atoms with Crippen LogP contribution >= 0.6 is 0 Å². The first-order chi connectivity index (χ1) is 8.90. The highest BCUT2D eigenvalue weighted by molar-refractivity contribution is 7.89. The fourth-order valence-electron chi connectivity index (χ4n) is 1.50. The van der Waals surface area contributed by atoms with Crippen LogP contribution in [0, 0.1) is 6.92 Å². The largest absolute Gasteiger partial charge is 0.398 e. The summed E-state index contributed by atoms with van der Waals surface area (Å²) in [5.41, 5.74) is 7.00. The summed E-state index contributed by atoms with van der Waals surface area (Å²) in [5.74, 6) is 0.531. The number of anilines is 1. The van der Waals surface area contributed by atoms with E-state index in [9.17, 15) is 8.42 Å². The number of nitrogens with one attached hydrogen (secondary N) is 1. The van der Waals surface area contributed by atoms with Crippen molar-refractivity contribution in [3.63, 3.8) is 0 Å². The van der Waals surface area contributed by atoms with Gasteiger partial charge in [0.15, 0.2) is 0 Å². The van der Waals surface area contributed by atoms with Crippen LogP contribution in [-0.2, 0) is 23.6 Å². The van der Waals surface area contributed by atoms with Gasteiger partial charge < -0.3 is 10.3 Å². The van der Waals surface area contributed by atoms with Crippen LogP contribution in [0.4, 0.5) is 5.69 Å². The van der Waals surface area contributed by atoms with Crippen molar-refractivity contribution in [1.29, 1.82) is 0 Å². The summed E-state index contributed by atoms with van der Waals surface area (Å²) in [6.07, 6.45) is 1.51. The number of rotatable bonds is 4. The van der Waals surface area contributed by atoms with E-state index in [0.29, 0.717) is 11.5 Å². The fraction of sp³-hybridized carbons (Fsp3) is 0.273. The molecule has 0 radical (unpaired) electrons. The molecule has 0 amide bonds. The van der Waals surface area contributed by atoms with Crippen molar-refractivity contribution < 1.29 is 8.42 Å². The van der Waals surface area contributed by atoms with Gasteiger partial charge >= 0.3 is 0 Å². The Morgan fingerprint density at radius 1 is 1.42 bits per heavy atom. The maximum absolute atomic E-state index is 12.1. The molecule has 19 heavy (non-hydrogen) atoms. The number of nitrogens with zero attached hydrogens (tertiary/aromatic N) is 3. The monoisotopic (exact) mass is 281 g/mol. The van der Waals surface area contributed by atoms with Crippen molar-refractivity contribution >= 4 is 15.7 Å². The zero-order chi connectivity index (χ0) is 14.0. The first kappa shape index (κ1) is 13.5. The highest BCUT2D eigenvalue weighted by Gasteiger charge is 2.15. The Bertz CT molecular complexity index is 693. The lowest BCUT2D eigenvalue weighted by Crippen LogP contribution is -2.24. The Kier molecular flexibility index (Phi) is 3.54. The van der Waals surface area contributed by atoms with Gasteiger partial charge in [0.25, 0.3) is 0 Å². The molecule has 1 heterocycles. The van der Waals surface area contributed by atoms with Crippen LogP contribution < -0.4 is 10.5 Å². The maximum atomic E-state index is 12.1. The zero-order valence-electron chi connectivity index (χ0n) is 10.7. The number of sulfonamides is 1. The molecule has 8 heteroatoms. The molecule has 0 fully saturated rings.